The minimum Gasteiger partial charge on any atom is -0.493 e. The van der Waals surface area contributed by atoms with E-state index in [0.29, 0.717) is 22.8 Å². The molecule has 2 aromatic carbocycles. The fourth-order valence-corrected chi connectivity index (χ4v) is 2.89. The number of carbonyl (C=O) groups excluding carboxylic acids is 1. The number of amides is 1. The van der Waals surface area contributed by atoms with Crippen molar-refractivity contribution in [2.75, 3.05) is 12.4 Å². The number of methoxy groups -OCH3 is 1. The molecule has 3 rings (SSSR count). The highest BCUT2D eigenvalue weighted by molar-refractivity contribution is 6.06. The first-order valence-electron chi connectivity index (χ1n) is 9.43. The molecule has 3 aromatic rings. The summed E-state index contributed by atoms with van der Waals surface area (Å²) in [6.07, 6.45) is 2.91. The van der Waals surface area contributed by atoms with E-state index in [1.54, 1.807) is 36.4 Å². The SMILES string of the molecule is COc1cc(C=CC(=O)Nc2ccccc2C(=O)O)ccc1OCc1c(C)noc1C. The fraction of sp³-hybridized carbons (Fsp3) is 0.174. The topological polar surface area (TPSA) is 111 Å². The van der Waals surface area contributed by atoms with E-state index in [0.717, 1.165) is 11.3 Å². The molecular formula is C23H22N2O6. The van der Waals surface area contributed by atoms with Crippen LogP contribution in [0.25, 0.3) is 6.08 Å². The standard InChI is InChI=1S/C23H22N2O6/c1-14-18(15(2)31-25-14)13-30-20-10-8-16(12-21(20)29-3)9-11-22(26)24-19-7-5-4-6-17(19)23(27)28/h4-12H,13H2,1-3H3,(H,24,26)(H,27,28). The average molecular weight is 422 g/mol. The molecule has 8 nitrogen and oxygen atoms in total. The van der Waals surface area contributed by atoms with Gasteiger partial charge in [-0.25, -0.2) is 4.79 Å². The number of anilines is 1. The number of carboxylic acid groups (broad SMARTS) is 1. The second kappa shape index (κ2) is 9.62. The number of benzene rings is 2. The molecule has 0 fully saturated rings. The Kier molecular flexibility index (Phi) is 6.71. The van der Waals surface area contributed by atoms with E-state index in [9.17, 15) is 14.7 Å². The first kappa shape index (κ1) is 21.6. The number of nitrogens with zero attached hydrogens (tertiary/aromatic N) is 1. The smallest absolute Gasteiger partial charge is 0.337 e. The van der Waals surface area contributed by atoms with Crippen molar-refractivity contribution in [3.63, 3.8) is 0 Å². The van der Waals surface area contributed by atoms with Crippen molar-refractivity contribution in [3.05, 3.63) is 76.7 Å². The molecule has 0 spiro atoms. The summed E-state index contributed by atoms with van der Waals surface area (Å²) in [5.74, 6) is 0.180. The van der Waals surface area contributed by atoms with E-state index < -0.39 is 11.9 Å². The van der Waals surface area contributed by atoms with Crippen molar-refractivity contribution in [2.45, 2.75) is 20.5 Å². The molecule has 31 heavy (non-hydrogen) atoms. The van der Waals surface area contributed by atoms with Gasteiger partial charge in [0.1, 0.15) is 12.4 Å². The van der Waals surface area contributed by atoms with Gasteiger partial charge >= 0.3 is 5.97 Å². The van der Waals surface area contributed by atoms with Crippen molar-refractivity contribution in [1.82, 2.24) is 5.16 Å². The van der Waals surface area contributed by atoms with Crippen LogP contribution in [0.1, 0.15) is 32.9 Å². The fourth-order valence-electron chi connectivity index (χ4n) is 2.89. The Bertz CT molecular complexity index is 1110. The number of ether oxygens (including phenoxy) is 2. The molecule has 0 aliphatic rings. The monoisotopic (exact) mass is 422 g/mol. The van der Waals surface area contributed by atoms with Gasteiger partial charge < -0.3 is 24.4 Å². The zero-order valence-electron chi connectivity index (χ0n) is 17.3. The van der Waals surface area contributed by atoms with E-state index in [4.69, 9.17) is 14.0 Å². The van der Waals surface area contributed by atoms with Crippen molar-refractivity contribution < 1.29 is 28.7 Å². The summed E-state index contributed by atoms with van der Waals surface area (Å²) in [4.78, 5) is 23.5. The molecule has 1 amide bonds. The Morgan fingerprint density at radius 3 is 2.61 bits per heavy atom. The lowest BCUT2D eigenvalue weighted by Gasteiger charge is -2.11. The van der Waals surface area contributed by atoms with Crippen LogP contribution in [0.15, 0.2) is 53.1 Å². The van der Waals surface area contributed by atoms with Crippen LogP contribution in [0.5, 0.6) is 11.5 Å². The normalized spacial score (nSPS) is 10.8. The first-order chi connectivity index (χ1) is 14.9. The number of aryl methyl sites for hydroxylation is 2. The summed E-state index contributed by atoms with van der Waals surface area (Å²) in [5, 5.41) is 15.7. The molecule has 0 radical (unpaired) electrons. The minimum atomic E-state index is -1.11. The van der Waals surface area contributed by atoms with Crippen LogP contribution < -0.4 is 14.8 Å². The maximum Gasteiger partial charge on any atom is 0.337 e. The number of aromatic carboxylic acids is 1. The van der Waals surface area contributed by atoms with Gasteiger partial charge in [-0.3, -0.25) is 4.79 Å². The van der Waals surface area contributed by atoms with E-state index in [1.807, 2.05) is 13.8 Å². The summed E-state index contributed by atoms with van der Waals surface area (Å²) in [6.45, 7) is 3.96. The maximum absolute atomic E-state index is 12.2. The Labute approximate surface area is 179 Å². The quantitative estimate of drug-likeness (QED) is 0.523. The Morgan fingerprint density at radius 1 is 1.16 bits per heavy atom. The zero-order chi connectivity index (χ0) is 22.4. The van der Waals surface area contributed by atoms with Gasteiger partial charge in [0.15, 0.2) is 11.5 Å². The highest BCUT2D eigenvalue weighted by Gasteiger charge is 2.12. The zero-order valence-corrected chi connectivity index (χ0v) is 17.3. The third-order valence-electron chi connectivity index (χ3n) is 4.58. The van der Waals surface area contributed by atoms with Gasteiger partial charge in [-0.2, -0.15) is 0 Å². The summed E-state index contributed by atoms with van der Waals surface area (Å²) in [7, 11) is 1.53. The summed E-state index contributed by atoms with van der Waals surface area (Å²) in [5.41, 5.74) is 2.61. The maximum atomic E-state index is 12.2. The van der Waals surface area contributed by atoms with Gasteiger partial charge in [0.25, 0.3) is 0 Å². The molecule has 8 heteroatoms. The third kappa shape index (κ3) is 5.30. The van der Waals surface area contributed by atoms with Crippen LogP contribution in [-0.2, 0) is 11.4 Å². The van der Waals surface area contributed by atoms with Crippen LogP contribution >= 0.6 is 0 Å². The van der Waals surface area contributed by atoms with E-state index in [1.165, 1.54) is 25.3 Å². The lowest BCUT2D eigenvalue weighted by atomic mass is 10.1. The second-order valence-electron chi connectivity index (χ2n) is 6.68. The van der Waals surface area contributed by atoms with Crippen molar-refractivity contribution in [1.29, 1.82) is 0 Å². The average Bonchev–Trinajstić information content (AvgIpc) is 3.08. The van der Waals surface area contributed by atoms with Gasteiger partial charge in [0.2, 0.25) is 5.91 Å². The molecule has 0 unspecified atom stereocenters. The lowest BCUT2D eigenvalue weighted by molar-refractivity contribution is -0.111. The Balaban J connectivity index is 1.68. The number of hydrogen-bond acceptors (Lipinski definition) is 6. The van der Waals surface area contributed by atoms with Crippen LogP contribution in [-0.4, -0.2) is 29.2 Å². The van der Waals surface area contributed by atoms with Gasteiger partial charge in [-0.1, -0.05) is 23.4 Å². The predicted molar refractivity (Wildman–Crippen MR) is 114 cm³/mol. The van der Waals surface area contributed by atoms with Gasteiger partial charge in [0.05, 0.1) is 29.6 Å². The largest absolute Gasteiger partial charge is 0.493 e. The predicted octanol–water partition coefficient (Wildman–Crippen LogP) is 4.23. The van der Waals surface area contributed by atoms with Crippen LogP contribution in [0.3, 0.4) is 0 Å². The number of aromatic nitrogens is 1. The van der Waals surface area contributed by atoms with Gasteiger partial charge in [0, 0.05) is 6.08 Å². The Hall–Kier alpha value is -4.07. The third-order valence-corrected chi connectivity index (χ3v) is 4.58. The summed E-state index contributed by atoms with van der Waals surface area (Å²) in [6, 6.07) is 11.5. The molecule has 160 valence electrons. The molecule has 0 aliphatic carbocycles. The Morgan fingerprint density at radius 2 is 1.94 bits per heavy atom. The molecule has 1 heterocycles. The molecular weight excluding hydrogens is 400 g/mol. The van der Waals surface area contributed by atoms with Crippen LogP contribution in [0, 0.1) is 13.8 Å². The first-order valence-corrected chi connectivity index (χ1v) is 9.43. The summed E-state index contributed by atoms with van der Waals surface area (Å²) < 4.78 is 16.4. The van der Waals surface area contributed by atoms with Crippen LogP contribution in [0.4, 0.5) is 5.69 Å². The highest BCUT2D eigenvalue weighted by atomic mass is 16.5. The van der Waals surface area contributed by atoms with Gasteiger partial charge in [-0.05, 0) is 49.8 Å². The number of hydrogen-bond donors (Lipinski definition) is 2. The number of nitrogens with one attached hydrogen (secondary N) is 1. The van der Waals surface area contributed by atoms with E-state index in [2.05, 4.69) is 10.5 Å². The second-order valence-corrected chi connectivity index (χ2v) is 6.68. The van der Waals surface area contributed by atoms with Crippen LogP contribution in [0.2, 0.25) is 0 Å². The molecule has 0 atom stereocenters. The van der Waals surface area contributed by atoms with E-state index in [-0.39, 0.29) is 17.9 Å². The number of para-hydroxylation sites is 1. The van der Waals surface area contributed by atoms with Crippen molar-refractivity contribution in [3.8, 4) is 11.5 Å². The minimum absolute atomic E-state index is 0.0192. The highest BCUT2D eigenvalue weighted by Crippen LogP contribution is 2.30. The van der Waals surface area contributed by atoms with Crippen molar-refractivity contribution in [2.24, 2.45) is 0 Å². The number of carbonyl (C=O) groups is 2. The lowest BCUT2D eigenvalue weighted by Crippen LogP contribution is -2.11. The molecule has 2 N–H and O–H groups in total. The number of carboxylic acids is 1. The number of rotatable bonds is 8. The molecule has 0 bridgehead atoms. The van der Waals surface area contributed by atoms with E-state index >= 15 is 0 Å². The molecule has 0 aliphatic heterocycles. The summed E-state index contributed by atoms with van der Waals surface area (Å²) >= 11 is 0. The van der Waals surface area contributed by atoms with Crippen molar-refractivity contribution >= 4 is 23.6 Å². The molecule has 1 aromatic heterocycles. The van der Waals surface area contributed by atoms with Gasteiger partial charge in [-0.15, -0.1) is 0 Å². The molecule has 0 saturated heterocycles. The molecule has 0 saturated carbocycles.